The first-order chi connectivity index (χ1) is 7.13. The first-order valence-electron chi connectivity index (χ1n) is 4.52. The van der Waals surface area contributed by atoms with Crippen molar-refractivity contribution in [2.45, 2.75) is 6.42 Å². The second kappa shape index (κ2) is 5.09. The molecule has 1 aromatic carbocycles. The second-order valence-corrected chi connectivity index (χ2v) is 3.05. The Balaban J connectivity index is 2.65. The van der Waals surface area contributed by atoms with Crippen LogP contribution >= 0.6 is 0 Å². The molecule has 0 aliphatic rings. The standard InChI is InChI=1S/C10H14N2O3/c1-15-9-3-2-8(11)6-7(9)4-5-12-10(13)14/h2-3,6,12H,4-5,11H2,1H3,(H,13,14). The average molecular weight is 210 g/mol. The summed E-state index contributed by atoms with van der Waals surface area (Å²) in [6.45, 7) is 0.342. The van der Waals surface area contributed by atoms with Crippen molar-refractivity contribution in [3.8, 4) is 5.75 Å². The van der Waals surface area contributed by atoms with Crippen LogP contribution in [0.5, 0.6) is 5.75 Å². The van der Waals surface area contributed by atoms with Crippen LogP contribution in [0.3, 0.4) is 0 Å². The second-order valence-electron chi connectivity index (χ2n) is 3.05. The zero-order valence-electron chi connectivity index (χ0n) is 8.49. The third-order valence-electron chi connectivity index (χ3n) is 1.98. The van der Waals surface area contributed by atoms with Gasteiger partial charge in [0.25, 0.3) is 0 Å². The van der Waals surface area contributed by atoms with E-state index < -0.39 is 6.09 Å². The van der Waals surface area contributed by atoms with Crippen molar-refractivity contribution >= 4 is 11.8 Å². The maximum absolute atomic E-state index is 10.2. The molecular formula is C10H14N2O3. The number of hydrogen-bond acceptors (Lipinski definition) is 3. The molecule has 0 atom stereocenters. The summed E-state index contributed by atoms with van der Waals surface area (Å²) >= 11 is 0. The summed E-state index contributed by atoms with van der Waals surface area (Å²) < 4.78 is 5.13. The molecule has 82 valence electrons. The molecule has 0 spiro atoms. The molecule has 0 heterocycles. The van der Waals surface area contributed by atoms with Crippen LogP contribution in [0.2, 0.25) is 0 Å². The number of anilines is 1. The highest BCUT2D eigenvalue weighted by Gasteiger charge is 2.03. The van der Waals surface area contributed by atoms with Crippen LogP contribution in [-0.4, -0.2) is 24.9 Å². The fourth-order valence-corrected chi connectivity index (χ4v) is 1.30. The predicted octanol–water partition coefficient (Wildman–Crippen LogP) is 1.09. The topological polar surface area (TPSA) is 84.6 Å². The van der Waals surface area contributed by atoms with Gasteiger partial charge in [0, 0.05) is 12.2 Å². The first kappa shape index (κ1) is 11.2. The van der Waals surface area contributed by atoms with Crippen LogP contribution in [0, 0.1) is 0 Å². The molecule has 0 aliphatic heterocycles. The van der Waals surface area contributed by atoms with Gasteiger partial charge in [-0.1, -0.05) is 0 Å². The molecule has 1 aromatic rings. The van der Waals surface area contributed by atoms with Gasteiger partial charge in [-0.3, -0.25) is 0 Å². The van der Waals surface area contributed by atoms with E-state index >= 15 is 0 Å². The SMILES string of the molecule is COc1ccc(N)cc1CCNC(=O)O. The minimum Gasteiger partial charge on any atom is -0.496 e. The molecule has 1 rings (SSSR count). The molecule has 5 nitrogen and oxygen atoms in total. The number of methoxy groups -OCH3 is 1. The van der Waals surface area contributed by atoms with Gasteiger partial charge in [-0.15, -0.1) is 0 Å². The fraction of sp³-hybridized carbons (Fsp3) is 0.300. The van der Waals surface area contributed by atoms with Gasteiger partial charge >= 0.3 is 6.09 Å². The number of benzene rings is 1. The largest absolute Gasteiger partial charge is 0.496 e. The van der Waals surface area contributed by atoms with Gasteiger partial charge < -0.3 is 20.9 Å². The molecule has 0 radical (unpaired) electrons. The highest BCUT2D eigenvalue weighted by molar-refractivity contribution is 5.64. The Morgan fingerprint density at radius 2 is 2.33 bits per heavy atom. The average Bonchev–Trinajstić information content (AvgIpc) is 2.17. The number of carboxylic acid groups (broad SMARTS) is 1. The summed E-state index contributed by atoms with van der Waals surface area (Å²) in [6.07, 6.45) is -0.474. The summed E-state index contributed by atoms with van der Waals surface area (Å²) in [7, 11) is 1.57. The highest BCUT2D eigenvalue weighted by atomic mass is 16.5. The number of ether oxygens (including phenoxy) is 1. The van der Waals surface area contributed by atoms with Crippen LogP contribution in [0.15, 0.2) is 18.2 Å². The Kier molecular flexibility index (Phi) is 3.79. The smallest absolute Gasteiger partial charge is 0.404 e. The highest BCUT2D eigenvalue weighted by Crippen LogP contribution is 2.21. The van der Waals surface area contributed by atoms with Gasteiger partial charge in [0.15, 0.2) is 0 Å². The first-order valence-corrected chi connectivity index (χ1v) is 4.52. The zero-order valence-corrected chi connectivity index (χ0v) is 8.49. The number of rotatable bonds is 4. The van der Waals surface area contributed by atoms with E-state index in [2.05, 4.69) is 5.32 Å². The van der Waals surface area contributed by atoms with Crippen molar-refractivity contribution in [2.75, 3.05) is 19.4 Å². The lowest BCUT2D eigenvalue weighted by molar-refractivity contribution is 0.194. The zero-order chi connectivity index (χ0) is 11.3. The lowest BCUT2D eigenvalue weighted by atomic mass is 10.1. The molecule has 15 heavy (non-hydrogen) atoms. The monoisotopic (exact) mass is 210 g/mol. The van der Waals surface area contributed by atoms with E-state index in [4.69, 9.17) is 15.6 Å². The van der Waals surface area contributed by atoms with E-state index in [0.717, 1.165) is 11.3 Å². The van der Waals surface area contributed by atoms with Crippen LogP contribution in [0.4, 0.5) is 10.5 Å². The van der Waals surface area contributed by atoms with E-state index in [1.54, 1.807) is 25.3 Å². The van der Waals surface area contributed by atoms with E-state index in [9.17, 15) is 4.79 Å². The Bertz CT molecular complexity index is 353. The van der Waals surface area contributed by atoms with Crippen molar-refractivity contribution in [3.05, 3.63) is 23.8 Å². The summed E-state index contributed by atoms with van der Waals surface area (Å²) in [5, 5.41) is 10.7. The molecule has 0 fully saturated rings. The molecule has 5 heteroatoms. The van der Waals surface area contributed by atoms with E-state index in [1.807, 2.05) is 0 Å². The molecule has 0 unspecified atom stereocenters. The summed E-state index contributed by atoms with van der Waals surface area (Å²) in [4.78, 5) is 10.2. The summed E-state index contributed by atoms with van der Waals surface area (Å²) in [6, 6.07) is 5.29. The molecule has 0 bridgehead atoms. The van der Waals surface area contributed by atoms with Gasteiger partial charge in [0.05, 0.1) is 7.11 Å². The Hall–Kier alpha value is -1.91. The van der Waals surface area contributed by atoms with Crippen molar-refractivity contribution in [1.29, 1.82) is 0 Å². The normalized spacial score (nSPS) is 9.67. The summed E-state index contributed by atoms with van der Waals surface area (Å²) in [5.41, 5.74) is 7.16. The van der Waals surface area contributed by atoms with Crippen molar-refractivity contribution < 1.29 is 14.6 Å². The van der Waals surface area contributed by atoms with Crippen molar-refractivity contribution in [2.24, 2.45) is 0 Å². The Morgan fingerprint density at radius 1 is 1.60 bits per heavy atom. The maximum Gasteiger partial charge on any atom is 0.404 e. The molecule has 4 N–H and O–H groups in total. The maximum atomic E-state index is 10.2. The van der Waals surface area contributed by atoms with Crippen LogP contribution in [0.1, 0.15) is 5.56 Å². The Labute approximate surface area is 87.9 Å². The number of nitrogens with one attached hydrogen (secondary N) is 1. The molecule has 0 saturated carbocycles. The van der Waals surface area contributed by atoms with Gasteiger partial charge in [-0.05, 0) is 30.2 Å². The van der Waals surface area contributed by atoms with Crippen molar-refractivity contribution in [1.82, 2.24) is 5.32 Å². The third kappa shape index (κ3) is 3.38. The van der Waals surface area contributed by atoms with E-state index in [-0.39, 0.29) is 0 Å². The minimum atomic E-state index is -1.03. The number of hydrogen-bond donors (Lipinski definition) is 3. The molecule has 0 saturated heterocycles. The van der Waals surface area contributed by atoms with Gasteiger partial charge in [-0.2, -0.15) is 0 Å². The number of nitrogen functional groups attached to an aromatic ring is 1. The Morgan fingerprint density at radius 3 is 2.93 bits per heavy atom. The minimum absolute atomic E-state index is 0.342. The number of carbonyl (C=O) groups is 1. The number of nitrogens with two attached hydrogens (primary N) is 1. The fourth-order valence-electron chi connectivity index (χ4n) is 1.30. The van der Waals surface area contributed by atoms with Crippen LogP contribution in [-0.2, 0) is 6.42 Å². The van der Waals surface area contributed by atoms with E-state index in [1.165, 1.54) is 0 Å². The van der Waals surface area contributed by atoms with E-state index in [0.29, 0.717) is 18.7 Å². The van der Waals surface area contributed by atoms with Gasteiger partial charge in [0.1, 0.15) is 5.75 Å². The molecule has 1 amide bonds. The third-order valence-corrected chi connectivity index (χ3v) is 1.98. The summed E-state index contributed by atoms with van der Waals surface area (Å²) in [5.74, 6) is 0.719. The van der Waals surface area contributed by atoms with Crippen LogP contribution < -0.4 is 15.8 Å². The quantitative estimate of drug-likeness (QED) is 0.649. The molecule has 0 aromatic heterocycles. The van der Waals surface area contributed by atoms with Gasteiger partial charge in [-0.25, -0.2) is 4.79 Å². The number of amides is 1. The van der Waals surface area contributed by atoms with Crippen LogP contribution in [0.25, 0.3) is 0 Å². The van der Waals surface area contributed by atoms with Crippen molar-refractivity contribution in [3.63, 3.8) is 0 Å². The lowest BCUT2D eigenvalue weighted by Crippen LogP contribution is -2.23. The molecule has 0 aliphatic carbocycles. The van der Waals surface area contributed by atoms with Gasteiger partial charge in [0.2, 0.25) is 0 Å². The molecular weight excluding hydrogens is 196 g/mol. The predicted molar refractivity (Wildman–Crippen MR) is 57.1 cm³/mol. The lowest BCUT2D eigenvalue weighted by Gasteiger charge is -2.09.